The third-order valence-electron chi connectivity index (χ3n) is 3.54. The Bertz CT molecular complexity index is 590. The molecule has 2 rings (SSSR count). The second kappa shape index (κ2) is 7.64. The van der Waals surface area contributed by atoms with Crippen LogP contribution in [-0.4, -0.2) is 53.9 Å². The van der Waals surface area contributed by atoms with E-state index < -0.39 is 12.1 Å². The van der Waals surface area contributed by atoms with Crippen LogP contribution in [0.3, 0.4) is 0 Å². The van der Waals surface area contributed by atoms with Crippen molar-refractivity contribution in [2.45, 2.75) is 18.5 Å². The number of ether oxygens (including phenoxy) is 2. The molecule has 0 spiro atoms. The van der Waals surface area contributed by atoms with Gasteiger partial charge in [-0.1, -0.05) is 18.7 Å². The lowest BCUT2D eigenvalue weighted by Crippen LogP contribution is -2.38. The molecule has 1 saturated heterocycles. The Balaban J connectivity index is 1.96. The molecule has 0 bridgehead atoms. The van der Waals surface area contributed by atoms with Crippen LogP contribution in [0.25, 0.3) is 0 Å². The third-order valence-corrected chi connectivity index (χ3v) is 3.54. The number of carbonyl (C=O) groups is 2. The standard InChI is InChI=1S/C16H20N2O5/c1-2-6-22-15(19)11-4-3-5-14(7-11)23-10-13-8-12(17)9-18(13)16(20)21/h2-5,7,12-13H,1,6,8-10,17H2,(H,20,21)/t12-,13+/m1/s1. The maximum atomic E-state index is 11.8. The van der Waals surface area contributed by atoms with E-state index in [1.165, 1.54) is 11.0 Å². The number of amides is 1. The van der Waals surface area contributed by atoms with Gasteiger partial charge in [0.05, 0.1) is 11.6 Å². The normalized spacial score (nSPS) is 20.1. The van der Waals surface area contributed by atoms with Crippen molar-refractivity contribution < 1.29 is 24.2 Å². The molecule has 1 aliphatic heterocycles. The molecule has 0 saturated carbocycles. The largest absolute Gasteiger partial charge is 0.491 e. The van der Waals surface area contributed by atoms with Crippen LogP contribution in [0.2, 0.25) is 0 Å². The highest BCUT2D eigenvalue weighted by molar-refractivity contribution is 5.89. The summed E-state index contributed by atoms with van der Waals surface area (Å²) < 4.78 is 10.6. The van der Waals surface area contributed by atoms with Crippen LogP contribution >= 0.6 is 0 Å². The minimum Gasteiger partial charge on any atom is -0.491 e. The molecule has 124 valence electrons. The lowest BCUT2D eigenvalue weighted by Gasteiger charge is -2.21. The maximum Gasteiger partial charge on any atom is 0.407 e. The predicted octanol–water partition coefficient (Wildman–Crippen LogP) is 1.49. The quantitative estimate of drug-likeness (QED) is 0.608. The van der Waals surface area contributed by atoms with E-state index in [1.54, 1.807) is 24.3 Å². The van der Waals surface area contributed by atoms with Crippen molar-refractivity contribution in [3.8, 4) is 5.75 Å². The fourth-order valence-corrected chi connectivity index (χ4v) is 2.47. The molecule has 1 heterocycles. The monoisotopic (exact) mass is 320 g/mol. The lowest BCUT2D eigenvalue weighted by atomic mass is 10.2. The smallest absolute Gasteiger partial charge is 0.407 e. The van der Waals surface area contributed by atoms with Gasteiger partial charge in [0.15, 0.2) is 0 Å². The van der Waals surface area contributed by atoms with E-state index in [-0.39, 0.29) is 25.3 Å². The topological polar surface area (TPSA) is 102 Å². The van der Waals surface area contributed by atoms with Crippen molar-refractivity contribution in [2.24, 2.45) is 5.73 Å². The Labute approximate surface area is 134 Å². The highest BCUT2D eigenvalue weighted by atomic mass is 16.5. The first-order valence-corrected chi connectivity index (χ1v) is 7.27. The summed E-state index contributed by atoms with van der Waals surface area (Å²) in [6, 6.07) is 6.08. The number of likely N-dealkylation sites (tertiary alicyclic amines) is 1. The molecule has 0 aliphatic carbocycles. The van der Waals surface area contributed by atoms with Gasteiger partial charge in [0.2, 0.25) is 0 Å². The average molecular weight is 320 g/mol. The molecule has 7 heteroatoms. The van der Waals surface area contributed by atoms with Crippen LogP contribution in [0, 0.1) is 0 Å². The van der Waals surface area contributed by atoms with Crippen LogP contribution in [0.15, 0.2) is 36.9 Å². The maximum absolute atomic E-state index is 11.8. The van der Waals surface area contributed by atoms with Gasteiger partial charge in [-0.2, -0.15) is 0 Å². The highest BCUT2D eigenvalue weighted by Crippen LogP contribution is 2.20. The minimum atomic E-state index is -1.01. The van der Waals surface area contributed by atoms with E-state index in [0.29, 0.717) is 24.3 Å². The van der Waals surface area contributed by atoms with Gasteiger partial charge < -0.3 is 25.2 Å². The van der Waals surface area contributed by atoms with Crippen molar-refractivity contribution in [2.75, 3.05) is 19.8 Å². The number of hydrogen-bond acceptors (Lipinski definition) is 5. The summed E-state index contributed by atoms with van der Waals surface area (Å²) in [5.74, 6) is 0.00858. The first-order chi connectivity index (χ1) is 11.0. The molecular weight excluding hydrogens is 300 g/mol. The zero-order valence-electron chi connectivity index (χ0n) is 12.7. The van der Waals surface area contributed by atoms with E-state index in [2.05, 4.69) is 6.58 Å². The zero-order valence-corrected chi connectivity index (χ0v) is 12.7. The fraction of sp³-hybridized carbons (Fsp3) is 0.375. The molecular formula is C16H20N2O5. The van der Waals surface area contributed by atoms with Crippen LogP contribution in [0.1, 0.15) is 16.8 Å². The second-order valence-corrected chi connectivity index (χ2v) is 5.31. The zero-order chi connectivity index (χ0) is 16.8. The lowest BCUT2D eigenvalue weighted by molar-refractivity contribution is 0.0549. The number of carbonyl (C=O) groups excluding carboxylic acids is 1. The number of benzene rings is 1. The van der Waals surface area contributed by atoms with Crippen LogP contribution in [0.4, 0.5) is 4.79 Å². The van der Waals surface area contributed by atoms with Crippen LogP contribution in [0.5, 0.6) is 5.75 Å². The molecule has 1 aromatic rings. The molecule has 1 amide bonds. The molecule has 3 N–H and O–H groups in total. The van der Waals surface area contributed by atoms with E-state index in [9.17, 15) is 9.59 Å². The van der Waals surface area contributed by atoms with Gasteiger partial charge in [-0.25, -0.2) is 9.59 Å². The summed E-state index contributed by atoms with van der Waals surface area (Å²) >= 11 is 0. The van der Waals surface area contributed by atoms with Gasteiger partial charge in [0.25, 0.3) is 0 Å². The van der Waals surface area contributed by atoms with Crippen molar-refractivity contribution >= 4 is 12.1 Å². The number of nitrogens with zero attached hydrogens (tertiary/aromatic N) is 1. The Kier molecular flexibility index (Phi) is 5.59. The Morgan fingerprint density at radius 3 is 2.96 bits per heavy atom. The number of carboxylic acid groups (broad SMARTS) is 1. The average Bonchev–Trinajstić information content (AvgIpc) is 2.92. The summed E-state index contributed by atoms with van der Waals surface area (Å²) in [6.07, 6.45) is 1.03. The Morgan fingerprint density at radius 1 is 1.48 bits per heavy atom. The van der Waals surface area contributed by atoms with Gasteiger partial charge in [-0.15, -0.1) is 0 Å². The molecule has 0 unspecified atom stereocenters. The summed E-state index contributed by atoms with van der Waals surface area (Å²) in [6.45, 7) is 4.10. The van der Waals surface area contributed by atoms with Gasteiger partial charge in [0, 0.05) is 12.6 Å². The highest BCUT2D eigenvalue weighted by Gasteiger charge is 2.33. The van der Waals surface area contributed by atoms with Crippen molar-refractivity contribution in [1.82, 2.24) is 4.90 Å². The van der Waals surface area contributed by atoms with Gasteiger partial charge >= 0.3 is 12.1 Å². The molecule has 2 atom stereocenters. The predicted molar refractivity (Wildman–Crippen MR) is 83.5 cm³/mol. The van der Waals surface area contributed by atoms with Gasteiger partial charge in [-0.05, 0) is 24.6 Å². The summed E-state index contributed by atoms with van der Waals surface area (Å²) in [5.41, 5.74) is 6.17. The number of esters is 1. The summed E-state index contributed by atoms with van der Waals surface area (Å²) in [5, 5.41) is 9.14. The molecule has 7 nitrogen and oxygen atoms in total. The summed E-state index contributed by atoms with van der Waals surface area (Å²) in [7, 11) is 0. The fourth-order valence-electron chi connectivity index (χ4n) is 2.47. The van der Waals surface area contributed by atoms with Gasteiger partial charge in [0.1, 0.15) is 19.0 Å². The van der Waals surface area contributed by atoms with Crippen LogP contribution in [-0.2, 0) is 4.74 Å². The van der Waals surface area contributed by atoms with E-state index in [4.69, 9.17) is 20.3 Å². The first-order valence-electron chi connectivity index (χ1n) is 7.27. The molecule has 0 aromatic heterocycles. The van der Waals surface area contributed by atoms with E-state index in [0.717, 1.165) is 0 Å². The number of hydrogen-bond donors (Lipinski definition) is 2. The molecule has 0 radical (unpaired) electrons. The summed E-state index contributed by atoms with van der Waals surface area (Å²) in [4.78, 5) is 24.2. The van der Waals surface area contributed by atoms with Gasteiger partial charge in [-0.3, -0.25) is 0 Å². The Hall–Kier alpha value is -2.54. The Morgan fingerprint density at radius 2 is 2.26 bits per heavy atom. The minimum absolute atomic E-state index is 0.136. The molecule has 1 aromatic carbocycles. The van der Waals surface area contributed by atoms with Crippen molar-refractivity contribution in [1.29, 1.82) is 0 Å². The number of rotatable bonds is 6. The van der Waals surface area contributed by atoms with Crippen LogP contribution < -0.4 is 10.5 Å². The molecule has 1 fully saturated rings. The van der Waals surface area contributed by atoms with E-state index >= 15 is 0 Å². The van der Waals surface area contributed by atoms with Crippen molar-refractivity contribution in [3.05, 3.63) is 42.5 Å². The second-order valence-electron chi connectivity index (χ2n) is 5.31. The third kappa shape index (κ3) is 4.46. The van der Waals surface area contributed by atoms with Crippen molar-refractivity contribution in [3.63, 3.8) is 0 Å². The number of nitrogens with two attached hydrogens (primary N) is 1. The SMILES string of the molecule is C=CCOC(=O)c1cccc(OC[C@@H]2C[C@@H](N)CN2C(=O)O)c1. The molecule has 23 heavy (non-hydrogen) atoms. The first kappa shape index (κ1) is 16.8. The molecule has 1 aliphatic rings. The van der Waals surface area contributed by atoms with E-state index in [1.807, 2.05) is 0 Å².